The zero-order chi connectivity index (χ0) is 19.3. The molecule has 26 heavy (non-hydrogen) atoms. The first-order valence-electron chi connectivity index (χ1n) is 8.24. The third-order valence-corrected chi connectivity index (χ3v) is 5.86. The first kappa shape index (κ1) is 20.7. The monoisotopic (exact) mass is 403 g/mol. The third kappa shape index (κ3) is 5.96. The van der Waals surface area contributed by atoms with E-state index in [1.165, 1.54) is 24.3 Å². The third-order valence-electron chi connectivity index (χ3n) is 3.88. The topological polar surface area (TPSA) is 90.0 Å². The first-order valence-corrected chi connectivity index (χ1v) is 10.3. The van der Waals surface area contributed by atoms with E-state index in [1.807, 2.05) is 13.8 Å². The molecule has 9 heteroatoms. The second-order valence-electron chi connectivity index (χ2n) is 6.24. The molecule has 0 N–H and O–H groups in total. The fourth-order valence-electron chi connectivity index (χ4n) is 2.66. The maximum atomic E-state index is 12.2. The molecule has 0 spiro atoms. The standard InChI is InChI=1S/C17H22ClNO6S/c1-12-9-19(10-13(2)25-12)16(20)11-24-17(21)7-8-26(22,23)15-5-3-14(18)4-6-15/h3-6,12-13H,7-11H2,1-2H3/t12-,13+. The van der Waals surface area contributed by atoms with Crippen LogP contribution < -0.4 is 0 Å². The summed E-state index contributed by atoms with van der Waals surface area (Å²) in [5.41, 5.74) is 0. The molecule has 1 aromatic rings. The lowest BCUT2D eigenvalue weighted by atomic mass is 10.2. The predicted octanol–water partition coefficient (Wildman–Crippen LogP) is 1.68. The van der Waals surface area contributed by atoms with E-state index < -0.39 is 28.2 Å². The SMILES string of the molecule is C[C@@H]1CN(C(=O)COC(=O)CCS(=O)(=O)c2ccc(Cl)cc2)C[C@H](C)O1. The number of morpholine rings is 1. The average molecular weight is 404 g/mol. The normalized spacial score (nSPS) is 20.7. The van der Waals surface area contributed by atoms with Gasteiger partial charge in [-0.15, -0.1) is 0 Å². The highest BCUT2D eigenvalue weighted by Gasteiger charge is 2.26. The van der Waals surface area contributed by atoms with Gasteiger partial charge in [-0.05, 0) is 38.1 Å². The van der Waals surface area contributed by atoms with Gasteiger partial charge in [-0.2, -0.15) is 0 Å². The molecule has 0 unspecified atom stereocenters. The summed E-state index contributed by atoms with van der Waals surface area (Å²) in [5, 5.41) is 0.425. The van der Waals surface area contributed by atoms with Crippen LogP contribution in [-0.4, -0.2) is 62.9 Å². The van der Waals surface area contributed by atoms with Gasteiger partial charge in [0.1, 0.15) is 0 Å². The van der Waals surface area contributed by atoms with Gasteiger partial charge in [0.2, 0.25) is 0 Å². The van der Waals surface area contributed by atoms with Crippen LogP contribution in [0.3, 0.4) is 0 Å². The zero-order valence-electron chi connectivity index (χ0n) is 14.7. The van der Waals surface area contributed by atoms with Crippen molar-refractivity contribution in [2.75, 3.05) is 25.4 Å². The van der Waals surface area contributed by atoms with Crippen LogP contribution in [0.4, 0.5) is 0 Å². The van der Waals surface area contributed by atoms with Gasteiger partial charge in [0, 0.05) is 18.1 Å². The van der Waals surface area contributed by atoms with Gasteiger partial charge in [-0.1, -0.05) is 11.6 Å². The lowest BCUT2D eigenvalue weighted by Crippen LogP contribution is -2.49. The van der Waals surface area contributed by atoms with Crippen molar-refractivity contribution in [1.82, 2.24) is 4.90 Å². The van der Waals surface area contributed by atoms with E-state index in [-0.39, 0.29) is 29.4 Å². The number of nitrogens with zero attached hydrogens (tertiary/aromatic N) is 1. The molecule has 144 valence electrons. The van der Waals surface area contributed by atoms with Gasteiger partial charge in [-0.3, -0.25) is 9.59 Å². The molecule has 0 saturated carbocycles. The Morgan fingerprint density at radius 3 is 2.35 bits per heavy atom. The van der Waals surface area contributed by atoms with Crippen LogP contribution in [0.5, 0.6) is 0 Å². The highest BCUT2D eigenvalue weighted by Crippen LogP contribution is 2.16. The quantitative estimate of drug-likeness (QED) is 0.671. The largest absolute Gasteiger partial charge is 0.456 e. The van der Waals surface area contributed by atoms with Gasteiger partial charge in [0.05, 0.1) is 29.3 Å². The lowest BCUT2D eigenvalue weighted by Gasteiger charge is -2.35. The molecule has 0 aliphatic carbocycles. The van der Waals surface area contributed by atoms with Crippen LogP contribution >= 0.6 is 11.6 Å². The summed E-state index contributed by atoms with van der Waals surface area (Å²) in [6.07, 6.45) is -0.487. The summed E-state index contributed by atoms with van der Waals surface area (Å²) in [7, 11) is -3.62. The molecule has 1 aliphatic heterocycles. The summed E-state index contributed by atoms with van der Waals surface area (Å²) in [4.78, 5) is 25.6. The van der Waals surface area contributed by atoms with Crippen molar-refractivity contribution in [3.63, 3.8) is 0 Å². The molecule has 1 heterocycles. The molecule has 0 bridgehead atoms. The number of carbonyl (C=O) groups excluding carboxylic acids is 2. The second kappa shape index (κ2) is 8.83. The predicted molar refractivity (Wildman–Crippen MR) is 95.7 cm³/mol. The number of carbonyl (C=O) groups is 2. The van der Waals surface area contributed by atoms with E-state index in [2.05, 4.69) is 0 Å². The molecule has 2 rings (SSSR count). The van der Waals surface area contributed by atoms with E-state index in [1.54, 1.807) is 4.90 Å². The van der Waals surface area contributed by atoms with Crippen molar-refractivity contribution in [1.29, 1.82) is 0 Å². The Morgan fingerprint density at radius 2 is 1.77 bits per heavy atom. The summed E-state index contributed by atoms with van der Waals surface area (Å²) >= 11 is 5.73. The minimum atomic E-state index is -3.62. The maximum Gasteiger partial charge on any atom is 0.307 e. The molecule has 0 radical (unpaired) electrons. The molecule has 1 saturated heterocycles. The number of esters is 1. The molecular formula is C17H22ClNO6S. The van der Waals surface area contributed by atoms with Gasteiger partial charge >= 0.3 is 5.97 Å². The Bertz CT molecular complexity index is 739. The van der Waals surface area contributed by atoms with E-state index in [4.69, 9.17) is 21.1 Å². The van der Waals surface area contributed by atoms with Crippen molar-refractivity contribution in [2.45, 2.75) is 37.4 Å². The number of amides is 1. The number of benzene rings is 1. The van der Waals surface area contributed by atoms with Gasteiger partial charge in [0.15, 0.2) is 16.4 Å². The molecule has 1 amide bonds. The number of hydrogen-bond acceptors (Lipinski definition) is 6. The van der Waals surface area contributed by atoms with Crippen LogP contribution in [0.15, 0.2) is 29.2 Å². The number of hydrogen-bond donors (Lipinski definition) is 0. The molecule has 7 nitrogen and oxygen atoms in total. The number of sulfone groups is 1. The smallest absolute Gasteiger partial charge is 0.307 e. The van der Waals surface area contributed by atoms with E-state index in [0.29, 0.717) is 18.1 Å². The van der Waals surface area contributed by atoms with Crippen LogP contribution in [0.2, 0.25) is 5.02 Å². The fourth-order valence-corrected chi connectivity index (χ4v) is 4.01. The summed E-state index contributed by atoms with van der Waals surface area (Å²) in [6, 6.07) is 5.70. The van der Waals surface area contributed by atoms with E-state index in [0.717, 1.165) is 0 Å². The molecule has 2 atom stereocenters. The van der Waals surface area contributed by atoms with Crippen molar-refractivity contribution in [3.8, 4) is 0 Å². The number of ether oxygens (including phenoxy) is 2. The van der Waals surface area contributed by atoms with Crippen molar-refractivity contribution in [2.24, 2.45) is 0 Å². The first-order chi connectivity index (χ1) is 12.2. The van der Waals surface area contributed by atoms with Crippen LogP contribution in [0.1, 0.15) is 20.3 Å². The second-order valence-corrected chi connectivity index (χ2v) is 8.79. The zero-order valence-corrected chi connectivity index (χ0v) is 16.3. The van der Waals surface area contributed by atoms with Gasteiger partial charge < -0.3 is 14.4 Å². The van der Waals surface area contributed by atoms with Crippen molar-refractivity contribution in [3.05, 3.63) is 29.3 Å². The van der Waals surface area contributed by atoms with E-state index >= 15 is 0 Å². The molecular weight excluding hydrogens is 382 g/mol. The summed E-state index contributed by atoms with van der Waals surface area (Å²) < 4.78 is 34.8. The Morgan fingerprint density at radius 1 is 1.19 bits per heavy atom. The Labute approximate surface area is 158 Å². The minimum Gasteiger partial charge on any atom is -0.456 e. The van der Waals surface area contributed by atoms with Crippen molar-refractivity contribution >= 4 is 33.3 Å². The molecule has 0 aromatic heterocycles. The number of rotatable bonds is 6. The highest BCUT2D eigenvalue weighted by atomic mass is 35.5. The highest BCUT2D eigenvalue weighted by molar-refractivity contribution is 7.91. The Hall–Kier alpha value is -1.64. The van der Waals surface area contributed by atoms with Crippen molar-refractivity contribution < 1.29 is 27.5 Å². The van der Waals surface area contributed by atoms with E-state index in [9.17, 15) is 18.0 Å². The average Bonchev–Trinajstić information content (AvgIpc) is 2.57. The van der Waals surface area contributed by atoms with Gasteiger partial charge in [0.25, 0.3) is 5.91 Å². The van der Waals surface area contributed by atoms with Crippen LogP contribution in [0, 0.1) is 0 Å². The molecule has 1 fully saturated rings. The maximum absolute atomic E-state index is 12.2. The molecule has 1 aromatic carbocycles. The Kier molecular flexibility index (Phi) is 7.02. The van der Waals surface area contributed by atoms with Crippen LogP contribution in [-0.2, 0) is 28.9 Å². The fraction of sp³-hybridized carbons (Fsp3) is 0.529. The van der Waals surface area contributed by atoms with Gasteiger partial charge in [-0.25, -0.2) is 8.42 Å². The lowest BCUT2D eigenvalue weighted by molar-refractivity contribution is -0.156. The summed E-state index contributed by atoms with van der Waals surface area (Å²) in [5.74, 6) is -1.45. The van der Waals surface area contributed by atoms with Crippen LogP contribution in [0.25, 0.3) is 0 Å². The summed E-state index contributed by atoms with van der Waals surface area (Å²) in [6.45, 7) is 4.20. The Balaban J connectivity index is 1.79. The minimum absolute atomic E-state index is 0.0806. The number of halogens is 1. The molecule has 1 aliphatic rings.